The van der Waals surface area contributed by atoms with E-state index in [2.05, 4.69) is 6.07 Å². The molecule has 15 heavy (non-hydrogen) atoms. The average Bonchev–Trinajstić information content (AvgIpc) is 3.07. The molecule has 0 bridgehead atoms. The zero-order valence-corrected chi connectivity index (χ0v) is 9.29. The summed E-state index contributed by atoms with van der Waals surface area (Å²) in [6, 6.07) is 7.94. The van der Waals surface area contributed by atoms with Crippen LogP contribution in [0.2, 0.25) is 0 Å². The summed E-state index contributed by atoms with van der Waals surface area (Å²) in [6.07, 6.45) is 1.14. The fourth-order valence-corrected chi connectivity index (χ4v) is 2.21. The van der Waals surface area contributed by atoms with Crippen molar-refractivity contribution in [2.75, 3.05) is 13.0 Å². The highest BCUT2D eigenvalue weighted by Crippen LogP contribution is 2.48. The Bertz CT molecular complexity index is 411. The maximum atomic E-state index is 8.94. The largest absolute Gasteiger partial charge is 0.495 e. The summed E-state index contributed by atoms with van der Waals surface area (Å²) < 4.78 is 5.10. The van der Waals surface area contributed by atoms with E-state index in [1.807, 2.05) is 18.2 Å². The molecule has 0 N–H and O–H groups in total. The van der Waals surface area contributed by atoms with Gasteiger partial charge in [0, 0.05) is 5.88 Å². The van der Waals surface area contributed by atoms with Gasteiger partial charge in [0.15, 0.2) is 0 Å². The van der Waals surface area contributed by atoms with E-state index in [4.69, 9.17) is 21.6 Å². The number of methoxy groups -OCH3 is 1. The minimum Gasteiger partial charge on any atom is -0.495 e. The van der Waals surface area contributed by atoms with Crippen LogP contribution in [0.5, 0.6) is 5.75 Å². The monoisotopic (exact) mass is 221 g/mol. The first kappa shape index (κ1) is 10.3. The van der Waals surface area contributed by atoms with Crippen molar-refractivity contribution in [3.63, 3.8) is 0 Å². The number of nitrogens with zero attached hydrogens (tertiary/aromatic N) is 1. The third-order valence-corrected chi connectivity index (χ3v) is 3.29. The molecule has 1 saturated carbocycles. The summed E-state index contributed by atoms with van der Waals surface area (Å²) in [4.78, 5) is 0. The molecule has 1 fully saturated rings. The third kappa shape index (κ3) is 1.93. The lowest BCUT2D eigenvalue weighted by molar-refractivity contribution is 0.413. The van der Waals surface area contributed by atoms with Crippen LogP contribution in [0.25, 0.3) is 0 Å². The zero-order chi connectivity index (χ0) is 10.8. The van der Waals surface area contributed by atoms with E-state index in [-0.39, 0.29) is 0 Å². The molecule has 0 radical (unpaired) electrons. The Kier molecular flexibility index (Phi) is 2.83. The van der Waals surface area contributed by atoms with Gasteiger partial charge in [0.2, 0.25) is 0 Å². The number of benzene rings is 1. The van der Waals surface area contributed by atoms with Crippen molar-refractivity contribution >= 4 is 11.6 Å². The number of ether oxygens (including phenoxy) is 1. The second kappa shape index (κ2) is 4.12. The van der Waals surface area contributed by atoms with Gasteiger partial charge < -0.3 is 4.74 Å². The van der Waals surface area contributed by atoms with Crippen molar-refractivity contribution in [2.45, 2.75) is 12.3 Å². The SMILES string of the molecule is COc1ccc(C2CC2CCl)cc1C#N. The molecule has 0 saturated heterocycles. The molecule has 78 valence electrons. The summed E-state index contributed by atoms with van der Waals surface area (Å²) in [5, 5.41) is 8.94. The van der Waals surface area contributed by atoms with Crippen LogP contribution in [0.4, 0.5) is 0 Å². The van der Waals surface area contributed by atoms with Crippen molar-refractivity contribution in [1.29, 1.82) is 5.26 Å². The van der Waals surface area contributed by atoms with E-state index in [1.54, 1.807) is 7.11 Å². The molecule has 1 aromatic rings. The van der Waals surface area contributed by atoms with Gasteiger partial charge in [-0.3, -0.25) is 0 Å². The lowest BCUT2D eigenvalue weighted by Crippen LogP contribution is -1.91. The first-order chi connectivity index (χ1) is 7.30. The molecular formula is C12H12ClNO. The highest BCUT2D eigenvalue weighted by molar-refractivity contribution is 6.18. The number of hydrogen-bond donors (Lipinski definition) is 0. The van der Waals surface area contributed by atoms with E-state index in [0.717, 1.165) is 6.42 Å². The summed E-state index contributed by atoms with van der Waals surface area (Å²) in [5.41, 5.74) is 1.81. The van der Waals surface area contributed by atoms with E-state index in [9.17, 15) is 0 Å². The Labute approximate surface area is 94.4 Å². The normalized spacial score (nSPS) is 23.3. The Morgan fingerprint density at radius 2 is 2.40 bits per heavy atom. The van der Waals surface area contributed by atoms with Gasteiger partial charge in [-0.25, -0.2) is 0 Å². The molecular weight excluding hydrogens is 210 g/mol. The van der Waals surface area contributed by atoms with E-state index in [1.165, 1.54) is 5.56 Å². The van der Waals surface area contributed by atoms with Crippen molar-refractivity contribution in [1.82, 2.24) is 0 Å². The van der Waals surface area contributed by atoms with Crippen molar-refractivity contribution in [2.24, 2.45) is 5.92 Å². The predicted octanol–water partition coefficient (Wildman–Crippen LogP) is 2.91. The molecule has 0 heterocycles. The maximum Gasteiger partial charge on any atom is 0.136 e. The van der Waals surface area contributed by atoms with Gasteiger partial charge in [-0.15, -0.1) is 11.6 Å². The summed E-state index contributed by atoms with van der Waals surface area (Å²) in [7, 11) is 1.58. The summed E-state index contributed by atoms with van der Waals surface area (Å²) >= 11 is 5.79. The Morgan fingerprint density at radius 3 is 2.93 bits per heavy atom. The number of halogens is 1. The van der Waals surface area contributed by atoms with Gasteiger partial charge in [0.25, 0.3) is 0 Å². The molecule has 0 amide bonds. The molecule has 0 spiro atoms. The molecule has 1 aromatic carbocycles. The van der Waals surface area contributed by atoms with Crippen molar-refractivity contribution in [3.8, 4) is 11.8 Å². The minimum absolute atomic E-state index is 0.542. The van der Waals surface area contributed by atoms with Gasteiger partial charge in [0.1, 0.15) is 11.8 Å². The van der Waals surface area contributed by atoms with Crippen LogP contribution < -0.4 is 4.74 Å². The van der Waals surface area contributed by atoms with Gasteiger partial charge in [0.05, 0.1) is 12.7 Å². The van der Waals surface area contributed by atoms with Crippen molar-refractivity contribution < 1.29 is 4.74 Å². The first-order valence-electron chi connectivity index (χ1n) is 4.94. The van der Waals surface area contributed by atoms with E-state index < -0.39 is 0 Å². The maximum absolute atomic E-state index is 8.94. The highest BCUT2D eigenvalue weighted by Gasteiger charge is 2.37. The molecule has 1 aliphatic carbocycles. The van der Waals surface area contributed by atoms with Gasteiger partial charge >= 0.3 is 0 Å². The molecule has 3 heteroatoms. The Morgan fingerprint density at radius 1 is 1.60 bits per heavy atom. The minimum atomic E-state index is 0.542. The summed E-state index contributed by atoms with van der Waals surface area (Å²) in [6.45, 7) is 0. The van der Waals surface area contributed by atoms with Crippen LogP contribution in [0.3, 0.4) is 0 Å². The fourth-order valence-electron chi connectivity index (χ4n) is 1.87. The van der Waals surface area contributed by atoms with Gasteiger partial charge in [-0.05, 0) is 36.0 Å². The fraction of sp³-hybridized carbons (Fsp3) is 0.417. The van der Waals surface area contributed by atoms with Crippen LogP contribution in [0.1, 0.15) is 23.5 Å². The molecule has 2 rings (SSSR count). The van der Waals surface area contributed by atoms with Crippen molar-refractivity contribution in [3.05, 3.63) is 29.3 Å². The molecule has 2 nitrogen and oxygen atoms in total. The smallest absolute Gasteiger partial charge is 0.136 e. The topological polar surface area (TPSA) is 33.0 Å². The highest BCUT2D eigenvalue weighted by atomic mass is 35.5. The number of hydrogen-bond acceptors (Lipinski definition) is 2. The average molecular weight is 222 g/mol. The van der Waals surface area contributed by atoms with Crippen LogP contribution in [-0.4, -0.2) is 13.0 Å². The van der Waals surface area contributed by atoms with Crippen LogP contribution in [0.15, 0.2) is 18.2 Å². The van der Waals surface area contributed by atoms with E-state index >= 15 is 0 Å². The molecule has 1 aliphatic rings. The van der Waals surface area contributed by atoms with Gasteiger partial charge in [-0.1, -0.05) is 6.07 Å². The first-order valence-corrected chi connectivity index (χ1v) is 5.47. The number of nitriles is 1. The lowest BCUT2D eigenvalue weighted by Gasteiger charge is -2.05. The Hall–Kier alpha value is -1.20. The van der Waals surface area contributed by atoms with Crippen LogP contribution in [-0.2, 0) is 0 Å². The molecule has 2 atom stereocenters. The second-order valence-electron chi connectivity index (χ2n) is 3.83. The zero-order valence-electron chi connectivity index (χ0n) is 8.53. The summed E-state index contributed by atoms with van der Waals surface area (Å²) in [5.74, 6) is 2.48. The quantitative estimate of drug-likeness (QED) is 0.736. The molecule has 2 unspecified atom stereocenters. The number of alkyl halides is 1. The van der Waals surface area contributed by atoms with Crippen LogP contribution >= 0.6 is 11.6 Å². The molecule has 0 aliphatic heterocycles. The second-order valence-corrected chi connectivity index (χ2v) is 4.14. The lowest BCUT2D eigenvalue weighted by atomic mass is 10.1. The predicted molar refractivity (Wildman–Crippen MR) is 59.3 cm³/mol. The molecule has 0 aromatic heterocycles. The standard InChI is InChI=1S/C12H12ClNO/c1-15-12-3-2-8(4-10(12)7-14)11-5-9(11)6-13/h2-4,9,11H,5-6H2,1H3. The Balaban J connectivity index is 2.25. The van der Waals surface area contributed by atoms with Crippen LogP contribution in [0, 0.1) is 17.2 Å². The third-order valence-electron chi connectivity index (χ3n) is 2.89. The van der Waals surface area contributed by atoms with Gasteiger partial charge in [-0.2, -0.15) is 5.26 Å². The van der Waals surface area contributed by atoms with E-state index in [0.29, 0.717) is 29.0 Å². The number of rotatable bonds is 3.